The first-order valence-electron chi connectivity index (χ1n) is 5.92. The predicted octanol–water partition coefficient (Wildman–Crippen LogP) is 2.31. The van der Waals surface area contributed by atoms with Gasteiger partial charge in [0.2, 0.25) is 0 Å². The highest BCUT2D eigenvalue weighted by molar-refractivity contribution is 5.51. The number of aryl methyl sites for hydroxylation is 2. The highest BCUT2D eigenvalue weighted by Crippen LogP contribution is 2.35. The molecule has 0 radical (unpaired) electrons. The van der Waals surface area contributed by atoms with Crippen molar-refractivity contribution >= 4 is 5.69 Å². The standard InChI is InChI=1S/C13H12N4O4/c1-8-12(17(18)19)13(16(2)15-8)21-10-5-4-9(7-14)11(6-10)20-3/h4-6H,1-3H3. The Bertz CT molecular complexity index is 745. The average Bonchev–Trinajstić information content (AvgIpc) is 2.73. The van der Waals surface area contributed by atoms with Gasteiger partial charge in [-0.25, -0.2) is 4.68 Å². The van der Waals surface area contributed by atoms with E-state index in [1.807, 2.05) is 6.07 Å². The van der Waals surface area contributed by atoms with Crippen LogP contribution in [0.3, 0.4) is 0 Å². The zero-order valence-electron chi connectivity index (χ0n) is 11.7. The van der Waals surface area contributed by atoms with E-state index in [0.717, 1.165) is 0 Å². The maximum Gasteiger partial charge on any atom is 0.353 e. The Hall–Kier alpha value is -3.08. The van der Waals surface area contributed by atoms with Gasteiger partial charge in [0.1, 0.15) is 23.3 Å². The van der Waals surface area contributed by atoms with Gasteiger partial charge in [-0.2, -0.15) is 10.4 Å². The van der Waals surface area contributed by atoms with Crippen LogP contribution in [0.2, 0.25) is 0 Å². The van der Waals surface area contributed by atoms with E-state index in [-0.39, 0.29) is 17.3 Å². The van der Waals surface area contributed by atoms with Crippen LogP contribution in [0, 0.1) is 28.4 Å². The van der Waals surface area contributed by atoms with Crippen LogP contribution in [0.1, 0.15) is 11.3 Å². The maximum absolute atomic E-state index is 11.1. The van der Waals surface area contributed by atoms with Crippen molar-refractivity contribution in [3.63, 3.8) is 0 Å². The van der Waals surface area contributed by atoms with Gasteiger partial charge in [-0.05, 0) is 19.1 Å². The molecule has 0 atom stereocenters. The number of hydrogen-bond acceptors (Lipinski definition) is 6. The molecule has 0 aliphatic carbocycles. The molecule has 108 valence electrons. The molecule has 0 amide bonds. The predicted molar refractivity (Wildman–Crippen MR) is 72.4 cm³/mol. The lowest BCUT2D eigenvalue weighted by Crippen LogP contribution is -1.98. The molecule has 1 heterocycles. The minimum Gasteiger partial charge on any atom is -0.495 e. The molecule has 0 aliphatic heterocycles. The molecule has 0 aliphatic rings. The SMILES string of the molecule is COc1cc(Oc2c([N+](=O)[O-])c(C)nn2C)ccc1C#N. The van der Waals surface area contributed by atoms with E-state index in [0.29, 0.717) is 17.1 Å². The molecule has 1 aromatic heterocycles. The molecule has 2 aromatic rings. The van der Waals surface area contributed by atoms with Crippen molar-refractivity contribution in [1.82, 2.24) is 9.78 Å². The number of methoxy groups -OCH3 is 1. The normalized spacial score (nSPS) is 10.0. The summed E-state index contributed by atoms with van der Waals surface area (Å²) in [5, 5.41) is 24.0. The minimum atomic E-state index is -0.543. The van der Waals surface area contributed by atoms with E-state index < -0.39 is 4.92 Å². The second-order valence-corrected chi connectivity index (χ2v) is 4.20. The fourth-order valence-electron chi connectivity index (χ4n) is 1.89. The smallest absolute Gasteiger partial charge is 0.353 e. The summed E-state index contributed by atoms with van der Waals surface area (Å²) in [5.74, 6) is 0.665. The first-order chi connectivity index (χ1) is 9.97. The van der Waals surface area contributed by atoms with Crippen LogP contribution in [0.25, 0.3) is 0 Å². The van der Waals surface area contributed by atoms with Gasteiger partial charge in [-0.15, -0.1) is 0 Å². The second-order valence-electron chi connectivity index (χ2n) is 4.20. The molecule has 2 rings (SSSR count). The third kappa shape index (κ3) is 2.62. The zero-order valence-corrected chi connectivity index (χ0v) is 11.7. The van der Waals surface area contributed by atoms with Gasteiger partial charge < -0.3 is 9.47 Å². The number of benzene rings is 1. The number of hydrogen-bond donors (Lipinski definition) is 0. The van der Waals surface area contributed by atoms with E-state index in [2.05, 4.69) is 5.10 Å². The summed E-state index contributed by atoms with van der Waals surface area (Å²) in [6, 6.07) is 6.52. The van der Waals surface area contributed by atoms with E-state index in [4.69, 9.17) is 14.7 Å². The summed E-state index contributed by atoms with van der Waals surface area (Å²) in [6.45, 7) is 1.53. The Morgan fingerprint density at radius 3 is 2.76 bits per heavy atom. The summed E-state index contributed by atoms with van der Waals surface area (Å²) >= 11 is 0. The van der Waals surface area contributed by atoms with Crippen LogP contribution in [0.4, 0.5) is 5.69 Å². The molecule has 0 saturated heterocycles. The van der Waals surface area contributed by atoms with Crippen LogP contribution in [0.15, 0.2) is 18.2 Å². The molecular weight excluding hydrogens is 276 g/mol. The molecule has 8 heteroatoms. The molecule has 0 bridgehead atoms. The lowest BCUT2D eigenvalue weighted by Gasteiger charge is -2.08. The lowest BCUT2D eigenvalue weighted by atomic mass is 10.2. The highest BCUT2D eigenvalue weighted by atomic mass is 16.6. The van der Waals surface area contributed by atoms with Gasteiger partial charge in [0.25, 0.3) is 5.88 Å². The number of nitro groups is 1. The summed E-state index contributed by atoms with van der Waals surface area (Å²) in [4.78, 5) is 10.5. The quantitative estimate of drug-likeness (QED) is 0.631. The fraction of sp³-hybridized carbons (Fsp3) is 0.231. The van der Waals surface area contributed by atoms with Crippen LogP contribution in [-0.2, 0) is 7.05 Å². The van der Waals surface area contributed by atoms with Crippen molar-refractivity contribution in [2.75, 3.05) is 7.11 Å². The monoisotopic (exact) mass is 288 g/mol. The average molecular weight is 288 g/mol. The van der Waals surface area contributed by atoms with Crippen LogP contribution >= 0.6 is 0 Å². The summed E-state index contributed by atoms with van der Waals surface area (Å²) < 4.78 is 11.9. The molecule has 21 heavy (non-hydrogen) atoms. The van der Waals surface area contributed by atoms with Crippen molar-refractivity contribution in [2.24, 2.45) is 7.05 Å². The second kappa shape index (κ2) is 5.50. The van der Waals surface area contributed by atoms with Gasteiger partial charge >= 0.3 is 5.69 Å². The van der Waals surface area contributed by atoms with Gasteiger partial charge in [0.05, 0.1) is 17.6 Å². The zero-order chi connectivity index (χ0) is 15.6. The first kappa shape index (κ1) is 14.3. The first-order valence-corrected chi connectivity index (χ1v) is 5.92. The Kier molecular flexibility index (Phi) is 3.75. The van der Waals surface area contributed by atoms with Gasteiger partial charge in [0, 0.05) is 13.1 Å². The molecule has 0 spiro atoms. The Balaban J connectivity index is 2.44. The summed E-state index contributed by atoms with van der Waals surface area (Å²) in [5.41, 5.74) is 0.416. The van der Waals surface area contributed by atoms with Gasteiger partial charge in [0.15, 0.2) is 0 Å². The third-order valence-corrected chi connectivity index (χ3v) is 2.83. The molecule has 0 fully saturated rings. The van der Waals surface area contributed by atoms with Crippen molar-refractivity contribution in [2.45, 2.75) is 6.92 Å². The van der Waals surface area contributed by atoms with Crippen LogP contribution < -0.4 is 9.47 Å². The van der Waals surface area contributed by atoms with Crippen molar-refractivity contribution in [3.8, 4) is 23.4 Å². The largest absolute Gasteiger partial charge is 0.495 e. The maximum atomic E-state index is 11.1. The molecule has 0 saturated carbocycles. The number of aromatic nitrogens is 2. The van der Waals surface area contributed by atoms with Crippen LogP contribution in [-0.4, -0.2) is 21.8 Å². The third-order valence-electron chi connectivity index (χ3n) is 2.83. The summed E-state index contributed by atoms with van der Waals surface area (Å²) in [6.07, 6.45) is 0. The van der Waals surface area contributed by atoms with Crippen LogP contribution in [0.5, 0.6) is 17.4 Å². The number of nitrogens with zero attached hydrogens (tertiary/aromatic N) is 4. The van der Waals surface area contributed by atoms with Crippen molar-refractivity contribution < 1.29 is 14.4 Å². The van der Waals surface area contributed by atoms with E-state index in [9.17, 15) is 10.1 Å². The highest BCUT2D eigenvalue weighted by Gasteiger charge is 2.26. The molecular formula is C13H12N4O4. The number of ether oxygens (including phenoxy) is 2. The Morgan fingerprint density at radius 1 is 1.48 bits per heavy atom. The summed E-state index contributed by atoms with van der Waals surface area (Å²) in [7, 11) is 2.98. The topological polar surface area (TPSA) is 103 Å². The molecule has 8 nitrogen and oxygen atoms in total. The van der Waals surface area contributed by atoms with E-state index >= 15 is 0 Å². The molecule has 1 aromatic carbocycles. The van der Waals surface area contributed by atoms with Gasteiger partial charge in [-0.3, -0.25) is 10.1 Å². The molecule has 0 N–H and O–H groups in total. The number of rotatable bonds is 4. The minimum absolute atomic E-state index is 0.0178. The van der Waals surface area contributed by atoms with Crippen molar-refractivity contribution in [1.29, 1.82) is 5.26 Å². The van der Waals surface area contributed by atoms with Gasteiger partial charge in [-0.1, -0.05) is 0 Å². The van der Waals surface area contributed by atoms with E-state index in [1.165, 1.54) is 36.9 Å². The fourth-order valence-corrected chi connectivity index (χ4v) is 1.89. The molecule has 0 unspecified atom stereocenters. The number of nitriles is 1. The van der Waals surface area contributed by atoms with E-state index in [1.54, 1.807) is 7.05 Å². The van der Waals surface area contributed by atoms with Crippen molar-refractivity contribution in [3.05, 3.63) is 39.6 Å². The lowest BCUT2D eigenvalue weighted by molar-refractivity contribution is -0.386. The Morgan fingerprint density at radius 2 is 2.19 bits per heavy atom. The Labute approximate surface area is 120 Å².